The first-order valence-electron chi connectivity index (χ1n) is 12.5. The highest BCUT2D eigenvalue weighted by Crippen LogP contribution is 2.39. The fourth-order valence-corrected chi connectivity index (χ4v) is 4.86. The van der Waals surface area contributed by atoms with Crippen LogP contribution in [0.5, 0.6) is 0 Å². The van der Waals surface area contributed by atoms with Crippen LogP contribution in [0, 0.1) is 0 Å². The van der Waals surface area contributed by atoms with Crippen LogP contribution in [0.25, 0.3) is 0 Å². The molecule has 0 unspecified atom stereocenters. The second kappa shape index (κ2) is 13.0. The number of ether oxygens (including phenoxy) is 4. The zero-order valence-electron chi connectivity index (χ0n) is 20.8. The van der Waals surface area contributed by atoms with Crippen molar-refractivity contribution in [1.29, 1.82) is 0 Å². The van der Waals surface area contributed by atoms with Gasteiger partial charge in [-0.3, -0.25) is 10.2 Å². The Kier molecular flexibility index (Phi) is 9.49. The van der Waals surface area contributed by atoms with Gasteiger partial charge >= 0.3 is 6.09 Å². The van der Waals surface area contributed by atoms with Gasteiger partial charge in [0.1, 0.15) is 6.61 Å². The van der Waals surface area contributed by atoms with Gasteiger partial charge in [-0.1, -0.05) is 49.1 Å². The van der Waals surface area contributed by atoms with Crippen LogP contribution >= 0.6 is 0 Å². The quantitative estimate of drug-likeness (QED) is 0.466. The first-order valence-corrected chi connectivity index (χ1v) is 12.5. The molecule has 1 amide bonds. The Bertz CT molecular complexity index is 998. The number of anilines is 1. The van der Waals surface area contributed by atoms with Gasteiger partial charge in [-0.05, 0) is 42.6 Å². The Morgan fingerprint density at radius 2 is 2.06 bits per heavy atom. The number of carbonyl (C=O) groups excluding carboxylic acids is 1. The molecular formula is C28H36N2O6. The zero-order valence-corrected chi connectivity index (χ0v) is 20.8. The third kappa shape index (κ3) is 6.93. The van der Waals surface area contributed by atoms with Crippen LogP contribution in [0.3, 0.4) is 0 Å². The van der Waals surface area contributed by atoms with Crippen molar-refractivity contribution in [2.75, 3.05) is 38.7 Å². The monoisotopic (exact) mass is 496 g/mol. The lowest BCUT2D eigenvalue weighted by Gasteiger charge is -2.39. The van der Waals surface area contributed by atoms with Crippen LogP contribution in [-0.4, -0.2) is 61.7 Å². The van der Waals surface area contributed by atoms with Crippen molar-refractivity contribution in [3.63, 3.8) is 0 Å². The highest BCUT2D eigenvalue weighted by atomic mass is 16.7. The fourth-order valence-electron chi connectivity index (χ4n) is 4.86. The van der Waals surface area contributed by atoms with E-state index in [2.05, 4.69) is 16.8 Å². The molecule has 2 heterocycles. The molecule has 8 nitrogen and oxygen atoms in total. The van der Waals surface area contributed by atoms with E-state index in [1.165, 1.54) is 6.08 Å². The van der Waals surface area contributed by atoms with E-state index in [-0.39, 0.29) is 25.4 Å². The van der Waals surface area contributed by atoms with E-state index in [0.29, 0.717) is 18.3 Å². The number of benzene rings is 2. The molecule has 2 aromatic rings. The molecule has 0 saturated carbocycles. The molecule has 0 aliphatic carbocycles. The number of hydrogen-bond donors (Lipinski definition) is 2. The lowest BCUT2D eigenvalue weighted by molar-refractivity contribution is -0.253. The minimum Gasteiger partial charge on any atom is -0.445 e. The molecule has 0 aromatic heterocycles. The van der Waals surface area contributed by atoms with E-state index >= 15 is 0 Å². The Balaban J connectivity index is 1.53. The highest BCUT2D eigenvalue weighted by molar-refractivity contribution is 5.84. The maximum atomic E-state index is 12.0. The number of methoxy groups -OCH3 is 1. The molecule has 2 aliphatic rings. The smallest absolute Gasteiger partial charge is 0.411 e. The van der Waals surface area contributed by atoms with Gasteiger partial charge in [0.05, 0.1) is 25.4 Å². The van der Waals surface area contributed by atoms with Crippen LogP contribution in [0.1, 0.15) is 48.3 Å². The molecule has 2 saturated heterocycles. The summed E-state index contributed by atoms with van der Waals surface area (Å²) in [7, 11) is 1.75. The van der Waals surface area contributed by atoms with Gasteiger partial charge < -0.3 is 24.1 Å². The van der Waals surface area contributed by atoms with Gasteiger partial charge in [0.2, 0.25) is 0 Å². The summed E-state index contributed by atoms with van der Waals surface area (Å²) < 4.78 is 23.4. The first kappa shape index (κ1) is 26.3. The lowest BCUT2D eigenvalue weighted by atomic mass is 9.99. The maximum Gasteiger partial charge on any atom is 0.411 e. The Morgan fingerprint density at radius 3 is 2.81 bits per heavy atom. The Morgan fingerprint density at radius 1 is 1.22 bits per heavy atom. The lowest BCUT2D eigenvalue weighted by Crippen LogP contribution is -2.42. The van der Waals surface area contributed by atoms with Gasteiger partial charge in [0.25, 0.3) is 0 Å². The number of aliphatic hydroxyl groups excluding tert-OH is 1. The number of rotatable bonds is 10. The van der Waals surface area contributed by atoms with E-state index in [1.807, 2.05) is 42.5 Å². The van der Waals surface area contributed by atoms with Crippen molar-refractivity contribution >= 4 is 11.8 Å². The number of hydrogen-bond acceptors (Lipinski definition) is 7. The molecule has 4 atom stereocenters. The number of nitrogens with zero attached hydrogens (tertiary/aromatic N) is 1. The van der Waals surface area contributed by atoms with Crippen molar-refractivity contribution < 1.29 is 28.8 Å². The van der Waals surface area contributed by atoms with E-state index in [9.17, 15) is 9.90 Å². The van der Waals surface area contributed by atoms with E-state index in [1.54, 1.807) is 13.2 Å². The first-order chi connectivity index (χ1) is 17.6. The molecule has 2 fully saturated rings. The average Bonchev–Trinajstić information content (AvgIpc) is 3.34. The molecule has 2 N–H and O–H groups in total. The summed E-state index contributed by atoms with van der Waals surface area (Å²) in [5, 5.41) is 12.2. The molecule has 0 radical (unpaired) electrons. The van der Waals surface area contributed by atoms with Crippen LogP contribution < -0.4 is 5.32 Å². The Hall–Kier alpha value is -2.75. The summed E-state index contributed by atoms with van der Waals surface area (Å²) in [6.07, 6.45) is 3.17. The van der Waals surface area contributed by atoms with Crippen LogP contribution in [0.15, 0.2) is 61.2 Å². The highest BCUT2D eigenvalue weighted by Gasteiger charge is 2.35. The molecule has 0 bridgehead atoms. The molecule has 2 aliphatic heterocycles. The second-order valence-corrected chi connectivity index (χ2v) is 9.23. The third-order valence-corrected chi connectivity index (χ3v) is 6.65. The number of amides is 1. The van der Waals surface area contributed by atoms with E-state index < -0.39 is 12.4 Å². The van der Waals surface area contributed by atoms with Crippen LogP contribution in [-0.2, 0) is 25.6 Å². The molecule has 0 spiro atoms. The molecule has 4 rings (SSSR count). The molecule has 8 heteroatoms. The molecular weight excluding hydrogens is 460 g/mol. The summed E-state index contributed by atoms with van der Waals surface area (Å²) in [5.74, 6) is 0. The van der Waals surface area contributed by atoms with Crippen molar-refractivity contribution in [3.05, 3.63) is 77.9 Å². The predicted octanol–water partition coefficient (Wildman–Crippen LogP) is 4.57. The minimum absolute atomic E-state index is 0.00500. The third-order valence-electron chi connectivity index (χ3n) is 6.65. The van der Waals surface area contributed by atoms with Gasteiger partial charge in [-0.15, -0.1) is 0 Å². The predicted molar refractivity (Wildman–Crippen MR) is 137 cm³/mol. The van der Waals surface area contributed by atoms with Crippen molar-refractivity contribution in [2.45, 2.75) is 50.4 Å². The summed E-state index contributed by atoms with van der Waals surface area (Å²) in [5.41, 5.74) is 3.32. The number of likely N-dealkylation sites (tertiary alicyclic amines) is 1. The SMILES string of the molecule is C=CCOC(=O)Nc1cccc([C@H]2O[C@@H](CN3CCC[C@H]3COC)C[C@@H](c3ccc(CO)cc3)O2)c1. The van der Waals surface area contributed by atoms with Crippen LogP contribution in [0.4, 0.5) is 10.5 Å². The van der Waals surface area contributed by atoms with Gasteiger partial charge in [0.15, 0.2) is 6.29 Å². The van der Waals surface area contributed by atoms with Gasteiger partial charge in [-0.2, -0.15) is 0 Å². The standard InChI is InChI=1S/C28H36N2O6/c1-3-14-34-28(32)29-23-7-4-6-22(15-23)27-35-25(17-30-13-5-8-24(30)19-33-2)16-26(36-27)21-11-9-20(18-31)10-12-21/h3-4,6-7,9-12,15,24-27,31H,1,5,8,13-14,16-19H2,2H3,(H,29,32)/t24-,25+,26-,27-/m0/s1. The zero-order chi connectivity index (χ0) is 25.3. The average molecular weight is 497 g/mol. The van der Waals surface area contributed by atoms with Crippen molar-refractivity contribution in [1.82, 2.24) is 4.90 Å². The number of carbonyl (C=O) groups is 1. The normalized spacial score (nSPS) is 24.4. The van der Waals surface area contributed by atoms with Crippen molar-refractivity contribution in [3.8, 4) is 0 Å². The van der Waals surface area contributed by atoms with E-state index in [4.69, 9.17) is 18.9 Å². The summed E-state index contributed by atoms with van der Waals surface area (Å²) in [4.78, 5) is 14.5. The summed E-state index contributed by atoms with van der Waals surface area (Å²) in [6.45, 7) is 6.24. The number of nitrogens with one attached hydrogen (secondary N) is 1. The summed E-state index contributed by atoms with van der Waals surface area (Å²) in [6, 6.07) is 15.7. The van der Waals surface area contributed by atoms with Crippen LogP contribution in [0.2, 0.25) is 0 Å². The van der Waals surface area contributed by atoms with Gasteiger partial charge in [0, 0.05) is 37.4 Å². The molecule has 36 heavy (non-hydrogen) atoms. The maximum absolute atomic E-state index is 12.0. The Labute approximate surface area is 212 Å². The van der Waals surface area contributed by atoms with Crippen molar-refractivity contribution in [2.24, 2.45) is 0 Å². The number of aliphatic hydroxyl groups is 1. The fraction of sp³-hybridized carbons (Fsp3) is 0.464. The molecule has 2 aromatic carbocycles. The largest absolute Gasteiger partial charge is 0.445 e. The topological polar surface area (TPSA) is 89.5 Å². The minimum atomic E-state index is -0.597. The van der Waals surface area contributed by atoms with E-state index in [0.717, 1.165) is 49.0 Å². The second-order valence-electron chi connectivity index (χ2n) is 9.23. The molecule has 194 valence electrons. The van der Waals surface area contributed by atoms with Gasteiger partial charge in [-0.25, -0.2) is 4.79 Å². The summed E-state index contributed by atoms with van der Waals surface area (Å²) >= 11 is 0.